The van der Waals surface area contributed by atoms with Crippen LogP contribution in [0.3, 0.4) is 0 Å². The molecule has 4 aromatic rings. The van der Waals surface area contributed by atoms with Gasteiger partial charge in [-0.15, -0.1) is 15.3 Å². The number of aliphatic hydroxyl groups is 1. The lowest BCUT2D eigenvalue weighted by molar-refractivity contribution is 0.0950. The molecule has 1 aliphatic rings. The molecule has 1 aliphatic heterocycles. The summed E-state index contributed by atoms with van der Waals surface area (Å²) in [7, 11) is -3.33. The molecule has 1 fully saturated rings. The SMILES string of the molecule is CS(=O)(=O)N1CC[C@@H](Nc2ncc3ccc(-c4cncn5cnnc45)n3n2)[C@H](O)C1. The van der Waals surface area contributed by atoms with Crippen LogP contribution in [0.5, 0.6) is 0 Å². The zero-order chi connectivity index (χ0) is 20.9. The molecule has 0 spiro atoms. The van der Waals surface area contributed by atoms with Crippen LogP contribution in [0.25, 0.3) is 22.4 Å². The smallest absolute Gasteiger partial charge is 0.241 e. The minimum atomic E-state index is -3.33. The maximum atomic E-state index is 11.7. The monoisotopic (exact) mass is 429 g/mol. The van der Waals surface area contributed by atoms with E-state index in [9.17, 15) is 13.5 Å². The molecule has 2 atom stereocenters. The Balaban J connectivity index is 1.45. The third kappa shape index (κ3) is 3.26. The van der Waals surface area contributed by atoms with Crippen molar-refractivity contribution in [1.29, 1.82) is 0 Å². The molecule has 12 nitrogen and oxygen atoms in total. The summed E-state index contributed by atoms with van der Waals surface area (Å²) in [6.07, 6.45) is 7.29. The summed E-state index contributed by atoms with van der Waals surface area (Å²) < 4.78 is 28.1. The quantitative estimate of drug-likeness (QED) is 0.444. The van der Waals surface area contributed by atoms with Gasteiger partial charge in [0, 0.05) is 19.3 Å². The predicted molar refractivity (Wildman–Crippen MR) is 107 cm³/mol. The van der Waals surface area contributed by atoms with E-state index in [-0.39, 0.29) is 12.6 Å². The molecular weight excluding hydrogens is 410 g/mol. The van der Waals surface area contributed by atoms with Gasteiger partial charge in [0.15, 0.2) is 5.65 Å². The van der Waals surface area contributed by atoms with E-state index in [1.165, 1.54) is 4.31 Å². The lowest BCUT2D eigenvalue weighted by atomic mass is 10.0. The maximum Gasteiger partial charge on any atom is 0.241 e. The number of aliphatic hydroxyl groups excluding tert-OH is 1. The van der Waals surface area contributed by atoms with Crippen molar-refractivity contribution in [3.8, 4) is 11.3 Å². The van der Waals surface area contributed by atoms with Crippen molar-refractivity contribution in [2.75, 3.05) is 24.7 Å². The Morgan fingerprint density at radius 2 is 2.10 bits per heavy atom. The molecule has 0 amide bonds. The fourth-order valence-corrected chi connectivity index (χ4v) is 4.51. The summed E-state index contributed by atoms with van der Waals surface area (Å²) in [5, 5.41) is 26.2. The van der Waals surface area contributed by atoms with Crippen LogP contribution in [-0.2, 0) is 10.0 Å². The number of hydrogen-bond donors (Lipinski definition) is 2. The van der Waals surface area contributed by atoms with Gasteiger partial charge in [0.1, 0.15) is 12.7 Å². The number of nitrogens with one attached hydrogen (secondary N) is 1. The molecule has 0 unspecified atom stereocenters. The molecule has 4 aromatic heterocycles. The number of piperidine rings is 1. The minimum Gasteiger partial charge on any atom is -0.390 e. The third-order valence-corrected chi connectivity index (χ3v) is 6.48. The van der Waals surface area contributed by atoms with E-state index < -0.39 is 16.1 Å². The number of sulfonamides is 1. The highest BCUT2D eigenvalue weighted by Gasteiger charge is 2.32. The van der Waals surface area contributed by atoms with Gasteiger partial charge in [-0.1, -0.05) is 0 Å². The van der Waals surface area contributed by atoms with Gasteiger partial charge in [0.25, 0.3) is 0 Å². The van der Waals surface area contributed by atoms with Crippen LogP contribution in [0.1, 0.15) is 6.42 Å². The van der Waals surface area contributed by atoms with Crippen molar-refractivity contribution in [1.82, 2.24) is 38.5 Å². The Labute approximate surface area is 171 Å². The number of β-amino-alcohol motifs (C(OH)–C–C–N with tert-alkyl or cyclic N) is 1. The second-order valence-corrected chi connectivity index (χ2v) is 9.22. The van der Waals surface area contributed by atoms with E-state index >= 15 is 0 Å². The molecule has 5 heterocycles. The average molecular weight is 429 g/mol. The van der Waals surface area contributed by atoms with E-state index in [0.717, 1.165) is 23.0 Å². The molecule has 0 radical (unpaired) electrons. The zero-order valence-corrected chi connectivity index (χ0v) is 16.8. The zero-order valence-electron chi connectivity index (χ0n) is 16.0. The summed E-state index contributed by atoms with van der Waals surface area (Å²) >= 11 is 0. The van der Waals surface area contributed by atoms with Gasteiger partial charge in [-0.05, 0) is 18.6 Å². The Morgan fingerprint density at radius 3 is 2.90 bits per heavy atom. The molecule has 1 saturated heterocycles. The predicted octanol–water partition coefficient (Wildman–Crippen LogP) is -0.359. The molecular formula is C17H19N9O3S. The number of anilines is 1. The van der Waals surface area contributed by atoms with Crippen LogP contribution in [-0.4, -0.2) is 83.5 Å². The van der Waals surface area contributed by atoms with E-state index in [4.69, 9.17) is 0 Å². The number of rotatable bonds is 4. The molecule has 0 aliphatic carbocycles. The van der Waals surface area contributed by atoms with Crippen LogP contribution in [0.4, 0.5) is 5.95 Å². The summed E-state index contributed by atoms with van der Waals surface area (Å²) in [5.41, 5.74) is 2.97. The van der Waals surface area contributed by atoms with Gasteiger partial charge in [0.2, 0.25) is 16.0 Å². The maximum absolute atomic E-state index is 11.7. The molecule has 2 N–H and O–H groups in total. The summed E-state index contributed by atoms with van der Waals surface area (Å²) in [6, 6.07) is 3.43. The Morgan fingerprint density at radius 1 is 1.23 bits per heavy atom. The Hall–Kier alpha value is -3.16. The lowest BCUT2D eigenvalue weighted by Gasteiger charge is -2.34. The van der Waals surface area contributed by atoms with Gasteiger partial charge in [-0.3, -0.25) is 4.40 Å². The largest absolute Gasteiger partial charge is 0.390 e. The van der Waals surface area contributed by atoms with Crippen molar-refractivity contribution in [2.24, 2.45) is 0 Å². The highest BCUT2D eigenvalue weighted by Crippen LogP contribution is 2.25. The Kier molecular flexibility index (Phi) is 4.38. The van der Waals surface area contributed by atoms with Crippen molar-refractivity contribution in [3.05, 3.63) is 37.2 Å². The van der Waals surface area contributed by atoms with Gasteiger partial charge in [0.05, 0.1) is 41.4 Å². The molecule has 0 aromatic carbocycles. The molecule has 13 heteroatoms. The number of fused-ring (bicyclic) bond motifs is 2. The van der Waals surface area contributed by atoms with Gasteiger partial charge in [-0.25, -0.2) is 22.9 Å². The first-order chi connectivity index (χ1) is 14.4. The molecule has 156 valence electrons. The van der Waals surface area contributed by atoms with Crippen LogP contribution in [0.15, 0.2) is 37.2 Å². The third-order valence-electron chi connectivity index (χ3n) is 5.21. The first kappa shape index (κ1) is 18.8. The average Bonchev–Trinajstić information content (AvgIpc) is 3.35. The standard InChI is InChI=1S/C17H19N9O3S/c1-30(28,29)25-5-4-13(15(27)8-25)21-17-19-6-11-2-3-14(26(11)23-17)12-7-18-9-24-10-20-22-16(12)24/h2-3,6-7,9-10,13,15,27H,4-5,8H2,1H3,(H,21,23)/t13-,15-/m1/s1. The van der Waals surface area contributed by atoms with E-state index in [1.807, 2.05) is 12.1 Å². The fourth-order valence-electron chi connectivity index (χ4n) is 3.65. The second kappa shape index (κ2) is 6.97. The van der Waals surface area contributed by atoms with Crippen LogP contribution < -0.4 is 5.32 Å². The molecule has 0 saturated carbocycles. The van der Waals surface area contributed by atoms with E-state index in [1.54, 1.807) is 34.0 Å². The fraction of sp³-hybridized carbons (Fsp3) is 0.353. The van der Waals surface area contributed by atoms with Crippen molar-refractivity contribution >= 4 is 27.1 Å². The summed E-state index contributed by atoms with van der Waals surface area (Å²) in [5.74, 6) is 0.332. The van der Waals surface area contributed by atoms with Crippen LogP contribution in [0.2, 0.25) is 0 Å². The van der Waals surface area contributed by atoms with Crippen LogP contribution >= 0.6 is 0 Å². The van der Waals surface area contributed by atoms with Crippen LogP contribution in [0, 0.1) is 0 Å². The highest BCUT2D eigenvalue weighted by molar-refractivity contribution is 7.88. The first-order valence-corrected chi connectivity index (χ1v) is 11.1. The summed E-state index contributed by atoms with van der Waals surface area (Å²) in [4.78, 5) is 8.55. The van der Waals surface area contributed by atoms with Gasteiger partial charge < -0.3 is 10.4 Å². The second-order valence-electron chi connectivity index (χ2n) is 7.23. The Bertz CT molecular complexity index is 1330. The lowest BCUT2D eigenvalue weighted by Crippen LogP contribution is -2.51. The van der Waals surface area contributed by atoms with Crippen molar-refractivity contribution in [3.63, 3.8) is 0 Å². The van der Waals surface area contributed by atoms with E-state index in [0.29, 0.717) is 24.6 Å². The number of aromatic nitrogens is 7. The van der Waals surface area contributed by atoms with E-state index in [2.05, 4.69) is 30.6 Å². The first-order valence-electron chi connectivity index (χ1n) is 9.28. The molecule has 5 rings (SSSR count). The topological polar surface area (TPSA) is 143 Å². The van der Waals surface area contributed by atoms with Crippen molar-refractivity contribution in [2.45, 2.75) is 18.6 Å². The summed E-state index contributed by atoms with van der Waals surface area (Å²) in [6.45, 7) is 0.360. The molecule has 30 heavy (non-hydrogen) atoms. The van der Waals surface area contributed by atoms with Crippen molar-refractivity contribution < 1.29 is 13.5 Å². The minimum absolute atomic E-state index is 0.0358. The molecule has 0 bridgehead atoms. The van der Waals surface area contributed by atoms with Gasteiger partial charge in [-0.2, -0.15) is 4.31 Å². The number of nitrogens with zero attached hydrogens (tertiary/aromatic N) is 8. The highest BCUT2D eigenvalue weighted by atomic mass is 32.2. The normalized spacial score (nSPS) is 20.7. The van der Waals surface area contributed by atoms with Gasteiger partial charge >= 0.3 is 0 Å². The number of hydrogen-bond acceptors (Lipinski definition) is 9.